The maximum Gasteiger partial charge on any atom is 0.240 e. The van der Waals surface area contributed by atoms with E-state index in [1.165, 1.54) is 13.4 Å². The number of aromatic nitrogens is 9. The van der Waals surface area contributed by atoms with Crippen LogP contribution in [0, 0.1) is 6.92 Å². The fourth-order valence-electron chi connectivity index (χ4n) is 3.95. The van der Waals surface area contributed by atoms with E-state index in [0.29, 0.717) is 36.3 Å². The Balaban J connectivity index is 1.75. The van der Waals surface area contributed by atoms with E-state index in [1.54, 1.807) is 53.8 Å². The molecule has 1 N–H and O–H groups in total. The van der Waals surface area contributed by atoms with Crippen LogP contribution >= 0.6 is 0 Å². The smallest absolute Gasteiger partial charge is 0.240 e. The molecule has 0 saturated carbocycles. The van der Waals surface area contributed by atoms with Gasteiger partial charge in [-0.05, 0) is 38.8 Å². The van der Waals surface area contributed by atoms with Crippen molar-refractivity contribution in [2.24, 2.45) is 7.05 Å². The molecule has 0 radical (unpaired) electrons. The maximum atomic E-state index is 13.7. The van der Waals surface area contributed by atoms with Crippen molar-refractivity contribution in [3.05, 3.63) is 54.1 Å². The molecule has 0 aromatic carbocycles. The normalized spacial score (nSPS) is 14.1. The lowest BCUT2D eigenvalue weighted by atomic mass is 10.2. The van der Waals surface area contributed by atoms with Gasteiger partial charge >= 0.3 is 0 Å². The highest BCUT2D eigenvalue weighted by atomic mass is 32.2. The highest BCUT2D eigenvalue weighted by molar-refractivity contribution is 7.93. The first-order valence-electron chi connectivity index (χ1n) is 12.4. The number of pyridine rings is 1. The first kappa shape index (κ1) is 28.0. The molecule has 0 unspecified atom stereocenters. The number of nitrogens with zero attached hydrogens (tertiary/aromatic N) is 9. The Hall–Kier alpha value is -3.98. The van der Waals surface area contributed by atoms with Gasteiger partial charge in [0.05, 0.1) is 13.2 Å². The molecule has 0 amide bonds. The molecular formula is C24H32N10O4S. The van der Waals surface area contributed by atoms with E-state index < -0.39 is 27.4 Å². The second-order valence-corrected chi connectivity index (χ2v) is 11.0. The second-order valence-electron chi connectivity index (χ2n) is 8.96. The van der Waals surface area contributed by atoms with Gasteiger partial charge in [0.15, 0.2) is 11.6 Å². The number of hydrogen-bond acceptors (Lipinski definition) is 11. The summed E-state index contributed by atoms with van der Waals surface area (Å²) in [5, 5.41) is 11.6. The number of anilines is 1. The van der Waals surface area contributed by atoms with E-state index in [1.807, 2.05) is 20.8 Å². The van der Waals surface area contributed by atoms with Crippen LogP contribution in [-0.4, -0.2) is 71.9 Å². The fourth-order valence-corrected chi connectivity index (χ4v) is 5.06. The Morgan fingerprint density at radius 3 is 2.49 bits per heavy atom. The summed E-state index contributed by atoms with van der Waals surface area (Å²) in [4.78, 5) is 17.4. The second kappa shape index (κ2) is 11.8. The van der Waals surface area contributed by atoms with Crippen molar-refractivity contribution in [2.75, 3.05) is 18.4 Å². The zero-order valence-corrected chi connectivity index (χ0v) is 23.5. The molecule has 0 bridgehead atoms. The predicted molar refractivity (Wildman–Crippen MR) is 142 cm³/mol. The number of methoxy groups -OCH3 is 1. The lowest BCUT2D eigenvalue weighted by Gasteiger charge is -2.24. The van der Waals surface area contributed by atoms with Crippen molar-refractivity contribution in [2.45, 2.75) is 51.5 Å². The Bertz CT molecular complexity index is 1500. The van der Waals surface area contributed by atoms with Gasteiger partial charge < -0.3 is 9.47 Å². The Kier molecular flexibility index (Phi) is 8.50. The maximum absolute atomic E-state index is 13.7. The molecule has 4 aromatic rings. The summed E-state index contributed by atoms with van der Waals surface area (Å²) >= 11 is 0. The summed E-state index contributed by atoms with van der Waals surface area (Å²) in [6.07, 6.45) is 4.47. The number of rotatable bonds is 12. The van der Waals surface area contributed by atoms with Gasteiger partial charge in [-0.3, -0.25) is 14.0 Å². The molecule has 4 rings (SSSR count). The summed E-state index contributed by atoms with van der Waals surface area (Å²) in [6, 6.07) is 4.68. The van der Waals surface area contributed by atoms with Crippen LogP contribution in [0.3, 0.4) is 0 Å². The van der Waals surface area contributed by atoms with Crippen LogP contribution in [0.1, 0.15) is 56.6 Å². The highest BCUT2D eigenvalue weighted by Gasteiger charge is 2.35. The number of aryl methyl sites for hydroxylation is 2. The monoisotopic (exact) mass is 556 g/mol. The van der Waals surface area contributed by atoms with Crippen LogP contribution in [0.2, 0.25) is 0 Å². The molecular weight excluding hydrogens is 524 g/mol. The van der Waals surface area contributed by atoms with E-state index in [4.69, 9.17) is 9.47 Å². The number of ether oxygens (including phenoxy) is 2. The van der Waals surface area contributed by atoms with Gasteiger partial charge in [0.25, 0.3) is 0 Å². The van der Waals surface area contributed by atoms with Gasteiger partial charge in [0, 0.05) is 32.1 Å². The minimum atomic E-state index is -4.08. The van der Waals surface area contributed by atoms with Crippen molar-refractivity contribution < 1.29 is 17.9 Å². The fraction of sp³-hybridized carbons (Fsp3) is 0.458. The van der Waals surface area contributed by atoms with Crippen LogP contribution in [0.15, 0.2) is 36.9 Å². The van der Waals surface area contributed by atoms with Crippen molar-refractivity contribution in [1.82, 2.24) is 44.5 Å². The molecule has 4 heterocycles. The molecule has 0 spiro atoms. The summed E-state index contributed by atoms with van der Waals surface area (Å²) < 4.78 is 44.5. The van der Waals surface area contributed by atoms with Gasteiger partial charge in [-0.25, -0.2) is 28.4 Å². The SMILES string of the molecule is CCCO[C@@H](c1ncc(C)cn1)[C@H](C)S(=O)(=O)Nc1nnc(-c2cccc(OC)n2)n1[C@@H](C)c1ncnn1C. The largest absolute Gasteiger partial charge is 0.481 e. The summed E-state index contributed by atoms with van der Waals surface area (Å²) in [6.45, 7) is 7.52. The van der Waals surface area contributed by atoms with Crippen LogP contribution in [0.25, 0.3) is 11.5 Å². The molecule has 0 saturated heterocycles. The van der Waals surface area contributed by atoms with Gasteiger partial charge in [-0.2, -0.15) is 5.10 Å². The molecule has 0 aliphatic rings. The molecule has 15 heteroatoms. The molecule has 0 aliphatic carbocycles. The summed E-state index contributed by atoms with van der Waals surface area (Å²) in [7, 11) is -0.830. The summed E-state index contributed by atoms with van der Waals surface area (Å²) in [5.74, 6) is 1.51. The lowest BCUT2D eigenvalue weighted by Crippen LogP contribution is -2.34. The molecule has 208 valence electrons. The molecule has 14 nitrogen and oxygen atoms in total. The van der Waals surface area contributed by atoms with Gasteiger partial charge in [0.1, 0.15) is 29.2 Å². The standard InChI is InChI=1S/C24H32N10O4S/c1-7-11-38-20(21-25-12-15(2)13-26-21)17(4)39(35,36)32-24-31-30-23(18-9-8-10-19(29-18)37-6)34(24)16(3)22-27-14-28-33(22)5/h8-10,12-14,16-17,20H,7,11H2,1-6H3,(H,31,32)/t16-,17-,20+/m0/s1. The third kappa shape index (κ3) is 6.04. The average molecular weight is 557 g/mol. The molecule has 39 heavy (non-hydrogen) atoms. The van der Waals surface area contributed by atoms with Crippen molar-refractivity contribution in [3.8, 4) is 17.4 Å². The van der Waals surface area contributed by atoms with Gasteiger partial charge in [0.2, 0.25) is 21.9 Å². The van der Waals surface area contributed by atoms with E-state index in [9.17, 15) is 8.42 Å². The molecule has 4 aromatic heterocycles. The van der Waals surface area contributed by atoms with Gasteiger partial charge in [-0.15, -0.1) is 10.2 Å². The minimum absolute atomic E-state index is 0.0176. The molecule has 0 fully saturated rings. The number of hydrogen-bond donors (Lipinski definition) is 1. The highest BCUT2D eigenvalue weighted by Crippen LogP contribution is 2.30. The van der Waals surface area contributed by atoms with E-state index in [0.717, 1.165) is 5.56 Å². The van der Waals surface area contributed by atoms with E-state index >= 15 is 0 Å². The van der Waals surface area contributed by atoms with Crippen LogP contribution in [0.5, 0.6) is 5.88 Å². The zero-order valence-electron chi connectivity index (χ0n) is 22.7. The average Bonchev–Trinajstić information content (AvgIpc) is 3.55. The topological polar surface area (TPSA) is 165 Å². The lowest BCUT2D eigenvalue weighted by molar-refractivity contribution is 0.0466. The van der Waals surface area contributed by atoms with Crippen molar-refractivity contribution in [3.63, 3.8) is 0 Å². The number of sulfonamides is 1. The predicted octanol–water partition coefficient (Wildman–Crippen LogP) is 2.48. The van der Waals surface area contributed by atoms with Crippen LogP contribution < -0.4 is 9.46 Å². The Morgan fingerprint density at radius 2 is 1.85 bits per heavy atom. The minimum Gasteiger partial charge on any atom is -0.481 e. The Morgan fingerprint density at radius 1 is 1.10 bits per heavy atom. The number of nitrogens with one attached hydrogen (secondary N) is 1. The van der Waals surface area contributed by atoms with Crippen molar-refractivity contribution in [1.29, 1.82) is 0 Å². The quantitative estimate of drug-likeness (QED) is 0.272. The Labute approximate surface area is 226 Å². The van der Waals surface area contributed by atoms with Crippen molar-refractivity contribution >= 4 is 16.0 Å². The molecule has 3 atom stereocenters. The van der Waals surface area contributed by atoms with Crippen LogP contribution in [0.4, 0.5) is 5.95 Å². The third-order valence-corrected chi connectivity index (χ3v) is 7.76. The van der Waals surface area contributed by atoms with Crippen LogP contribution in [-0.2, 0) is 21.8 Å². The molecule has 0 aliphatic heterocycles. The zero-order chi connectivity index (χ0) is 28.2. The summed E-state index contributed by atoms with van der Waals surface area (Å²) in [5.41, 5.74) is 1.29. The van der Waals surface area contributed by atoms with Gasteiger partial charge in [-0.1, -0.05) is 13.0 Å². The third-order valence-electron chi connectivity index (χ3n) is 6.07. The first-order chi connectivity index (χ1) is 18.7. The van der Waals surface area contributed by atoms with E-state index in [-0.39, 0.29) is 11.8 Å². The van der Waals surface area contributed by atoms with E-state index in [2.05, 4.69) is 40.0 Å². The first-order valence-corrected chi connectivity index (χ1v) is 13.9.